The molecule has 22 heavy (non-hydrogen) atoms. The van der Waals surface area contributed by atoms with Gasteiger partial charge in [-0.3, -0.25) is 9.78 Å². The highest BCUT2D eigenvalue weighted by Gasteiger charge is 2.18. The van der Waals surface area contributed by atoms with Crippen LogP contribution < -0.4 is 5.32 Å². The number of hydrogen-bond donors (Lipinski definition) is 1. The molecule has 0 bridgehead atoms. The SMILES string of the molecule is Cc1c(C(=O)NCCc2ccncc2)oc2c(F)cccc12. The Bertz CT molecular complexity index is 812. The van der Waals surface area contributed by atoms with Crippen LogP contribution in [0.15, 0.2) is 47.1 Å². The lowest BCUT2D eigenvalue weighted by molar-refractivity contribution is 0.0927. The van der Waals surface area contributed by atoms with E-state index in [1.165, 1.54) is 6.07 Å². The van der Waals surface area contributed by atoms with Crippen molar-refractivity contribution < 1.29 is 13.6 Å². The standard InChI is InChI=1S/C17H15FN2O2/c1-11-13-3-2-4-14(18)16(13)22-15(11)17(21)20-10-7-12-5-8-19-9-6-12/h2-6,8-9H,7,10H2,1H3,(H,20,21). The molecule has 0 spiro atoms. The van der Waals surface area contributed by atoms with Crippen LogP contribution in [0.1, 0.15) is 21.7 Å². The second-order valence-corrected chi connectivity index (χ2v) is 5.03. The van der Waals surface area contributed by atoms with Crippen molar-refractivity contribution in [2.75, 3.05) is 6.54 Å². The van der Waals surface area contributed by atoms with Gasteiger partial charge in [-0.05, 0) is 37.1 Å². The predicted molar refractivity (Wildman–Crippen MR) is 81.2 cm³/mol. The molecule has 0 aliphatic carbocycles. The molecule has 1 aromatic carbocycles. The summed E-state index contributed by atoms with van der Waals surface area (Å²) < 4.78 is 19.1. The van der Waals surface area contributed by atoms with Crippen LogP contribution >= 0.6 is 0 Å². The molecule has 0 saturated heterocycles. The van der Waals surface area contributed by atoms with Gasteiger partial charge in [0.1, 0.15) is 0 Å². The number of fused-ring (bicyclic) bond motifs is 1. The summed E-state index contributed by atoms with van der Waals surface area (Å²) >= 11 is 0. The van der Waals surface area contributed by atoms with Gasteiger partial charge in [0.15, 0.2) is 17.2 Å². The molecule has 0 atom stereocenters. The fourth-order valence-corrected chi connectivity index (χ4v) is 2.38. The number of furan rings is 1. The van der Waals surface area contributed by atoms with Crippen LogP contribution in [0.4, 0.5) is 4.39 Å². The Kier molecular flexibility index (Phi) is 3.87. The van der Waals surface area contributed by atoms with Crippen molar-refractivity contribution in [2.45, 2.75) is 13.3 Å². The average Bonchev–Trinajstić information content (AvgIpc) is 2.87. The van der Waals surface area contributed by atoms with Gasteiger partial charge in [0, 0.05) is 29.9 Å². The summed E-state index contributed by atoms with van der Waals surface area (Å²) in [6.07, 6.45) is 4.12. The van der Waals surface area contributed by atoms with Crippen LogP contribution in [0.25, 0.3) is 11.0 Å². The molecule has 0 aliphatic heterocycles. The average molecular weight is 298 g/mol. The number of amides is 1. The molecular formula is C17H15FN2O2. The monoisotopic (exact) mass is 298 g/mol. The molecule has 1 amide bonds. The summed E-state index contributed by atoms with van der Waals surface area (Å²) in [5.74, 6) is -0.631. The molecular weight excluding hydrogens is 283 g/mol. The minimum atomic E-state index is -0.462. The van der Waals surface area contributed by atoms with Crippen LogP contribution in [-0.4, -0.2) is 17.4 Å². The molecule has 0 fully saturated rings. The van der Waals surface area contributed by atoms with Crippen LogP contribution in [0, 0.1) is 12.7 Å². The van der Waals surface area contributed by atoms with E-state index in [2.05, 4.69) is 10.3 Å². The molecule has 112 valence electrons. The minimum absolute atomic E-state index is 0.124. The first-order valence-electron chi connectivity index (χ1n) is 7.01. The Labute approximate surface area is 127 Å². The second kappa shape index (κ2) is 5.97. The van der Waals surface area contributed by atoms with Gasteiger partial charge in [0.25, 0.3) is 5.91 Å². The van der Waals surface area contributed by atoms with Gasteiger partial charge in [0.2, 0.25) is 0 Å². The predicted octanol–water partition coefficient (Wildman–Crippen LogP) is 3.25. The number of carbonyl (C=O) groups excluding carboxylic acids is 1. The number of carbonyl (C=O) groups is 1. The third-order valence-electron chi connectivity index (χ3n) is 3.57. The molecule has 0 radical (unpaired) electrons. The normalized spacial score (nSPS) is 10.8. The van der Waals surface area contributed by atoms with Gasteiger partial charge in [-0.2, -0.15) is 0 Å². The first-order valence-corrected chi connectivity index (χ1v) is 7.01. The number of nitrogens with zero attached hydrogens (tertiary/aromatic N) is 1. The molecule has 0 aliphatic rings. The van der Waals surface area contributed by atoms with Gasteiger partial charge in [-0.15, -0.1) is 0 Å². The topological polar surface area (TPSA) is 55.1 Å². The van der Waals surface area contributed by atoms with E-state index in [1.807, 2.05) is 12.1 Å². The number of aryl methyl sites for hydroxylation is 1. The van der Waals surface area contributed by atoms with Gasteiger partial charge in [-0.1, -0.05) is 12.1 Å². The first kappa shape index (κ1) is 14.3. The molecule has 5 heteroatoms. The Morgan fingerprint density at radius 1 is 1.27 bits per heavy atom. The van der Waals surface area contributed by atoms with Crippen molar-refractivity contribution in [1.29, 1.82) is 0 Å². The molecule has 2 heterocycles. The number of rotatable bonds is 4. The second-order valence-electron chi connectivity index (χ2n) is 5.03. The summed E-state index contributed by atoms with van der Waals surface area (Å²) in [6, 6.07) is 8.45. The zero-order chi connectivity index (χ0) is 15.5. The van der Waals surface area contributed by atoms with Crippen molar-refractivity contribution in [2.24, 2.45) is 0 Å². The highest BCUT2D eigenvalue weighted by atomic mass is 19.1. The molecule has 4 nitrogen and oxygen atoms in total. The van der Waals surface area contributed by atoms with Gasteiger partial charge < -0.3 is 9.73 Å². The highest BCUT2D eigenvalue weighted by Crippen LogP contribution is 2.27. The van der Waals surface area contributed by atoms with E-state index < -0.39 is 5.82 Å². The molecule has 3 aromatic rings. The summed E-state index contributed by atoms with van der Waals surface area (Å²) in [6.45, 7) is 2.23. The summed E-state index contributed by atoms with van der Waals surface area (Å²) in [4.78, 5) is 16.1. The zero-order valence-corrected chi connectivity index (χ0v) is 12.1. The maximum atomic E-state index is 13.7. The molecule has 0 unspecified atom stereocenters. The fraction of sp³-hybridized carbons (Fsp3) is 0.176. The maximum absolute atomic E-state index is 13.7. The number of nitrogens with one attached hydrogen (secondary N) is 1. The van der Waals surface area contributed by atoms with Crippen molar-refractivity contribution in [1.82, 2.24) is 10.3 Å². The van der Waals surface area contributed by atoms with Crippen molar-refractivity contribution >= 4 is 16.9 Å². The lowest BCUT2D eigenvalue weighted by atomic mass is 10.1. The number of aromatic nitrogens is 1. The van der Waals surface area contributed by atoms with Gasteiger partial charge in [0.05, 0.1) is 0 Å². The maximum Gasteiger partial charge on any atom is 0.287 e. The van der Waals surface area contributed by atoms with Crippen LogP contribution in [0.5, 0.6) is 0 Å². The number of benzene rings is 1. The molecule has 1 N–H and O–H groups in total. The smallest absolute Gasteiger partial charge is 0.287 e. The van der Waals surface area contributed by atoms with E-state index in [4.69, 9.17) is 4.42 Å². The van der Waals surface area contributed by atoms with Crippen LogP contribution in [0.3, 0.4) is 0 Å². The van der Waals surface area contributed by atoms with E-state index >= 15 is 0 Å². The minimum Gasteiger partial charge on any atom is -0.448 e. The van der Waals surface area contributed by atoms with E-state index in [1.54, 1.807) is 31.5 Å². The molecule has 0 saturated carbocycles. The number of pyridine rings is 1. The summed E-state index contributed by atoms with van der Waals surface area (Å²) in [5.41, 5.74) is 1.86. The fourth-order valence-electron chi connectivity index (χ4n) is 2.38. The van der Waals surface area contributed by atoms with E-state index in [-0.39, 0.29) is 17.3 Å². The van der Waals surface area contributed by atoms with Gasteiger partial charge >= 0.3 is 0 Å². The zero-order valence-electron chi connectivity index (χ0n) is 12.1. The van der Waals surface area contributed by atoms with E-state index in [9.17, 15) is 9.18 Å². The molecule has 2 aromatic heterocycles. The number of para-hydroxylation sites is 1. The third kappa shape index (κ3) is 2.70. The Hall–Kier alpha value is -2.69. The Balaban J connectivity index is 1.73. The number of hydrogen-bond acceptors (Lipinski definition) is 3. The Morgan fingerprint density at radius 3 is 2.77 bits per heavy atom. The van der Waals surface area contributed by atoms with Crippen LogP contribution in [-0.2, 0) is 6.42 Å². The van der Waals surface area contributed by atoms with E-state index in [0.717, 1.165) is 5.56 Å². The first-order chi connectivity index (χ1) is 10.7. The van der Waals surface area contributed by atoms with Crippen molar-refractivity contribution in [3.8, 4) is 0 Å². The van der Waals surface area contributed by atoms with Crippen LogP contribution in [0.2, 0.25) is 0 Å². The van der Waals surface area contributed by atoms with Crippen molar-refractivity contribution in [3.63, 3.8) is 0 Å². The Morgan fingerprint density at radius 2 is 2.05 bits per heavy atom. The van der Waals surface area contributed by atoms with E-state index in [0.29, 0.717) is 23.9 Å². The summed E-state index contributed by atoms with van der Waals surface area (Å²) in [5, 5.41) is 3.42. The highest BCUT2D eigenvalue weighted by molar-refractivity contribution is 5.98. The lowest BCUT2D eigenvalue weighted by Crippen LogP contribution is -2.25. The molecule has 3 rings (SSSR count). The number of halogens is 1. The largest absolute Gasteiger partial charge is 0.448 e. The van der Waals surface area contributed by atoms with Crippen molar-refractivity contribution in [3.05, 3.63) is 65.4 Å². The summed E-state index contributed by atoms with van der Waals surface area (Å²) in [7, 11) is 0. The lowest BCUT2D eigenvalue weighted by Gasteiger charge is -2.03. The van der Waals surface area contributed by atoms with Gasteiger partial charge in [-0.25, -0.2) is 4.39 Å². The third-order valence-corrected chi connectivity index (χ3v) is 3.57. The quantitative estimate of drug-likeness (QED) is 0.804.